The first-order valence-corrected chi connectivity index (χ1v) is 4.18. The number of likely N-dealkylation sites (N-methyl/N-ethyl adjacent to an activating group) is 1. The maximum atomic E-state index is 10.9. The Kier molecular flexibility index (Phi) is 3.32. The number of hydrogen-bond donors (Lipinski definition) is 3. The van der Waals surface area contributed by atoms with Crippen LogP contribution in [0.4, 0.5) is 0 Å². The third-order valence-electron chi connectivity index (χ3n) is 2.09. The molecule has 1 heterocycles. The molecule has 1 fully saturated rings. The van der Waals surface area contributed by atoms with E-state index in [0.29, 0.717) is 6.54 Å². The van der Waals surface area contributed by atoms with Gasteiger partial charge in [0, 0.05) is 7.05 Å². The van der Waals surface area contributed by atoms with Crippen molar-refractivity contribution in [2.45, 2.75) is 0 Å². The number of rotatable bonds is 2. The molecule has 0 aromatic rings. The third-order valence-corrected chi connectivity index (χ3v) is 2.09. The van der Waals surface area contributed by atoms with E-state index in [0.717, 1.165) is 26.2 Å². The fourth-order valence-corrected chi connectivity index (χ4v) is 1.37. The van der Waals surface area contributed by atoms with Crippen LogP contribution < -0.4 is 15.5 Å². The van der Waals surface area contributed by atoms with Gasteiger partial charge in [0.1, 0.15) is 26.2 Å². The van der Waals surface area contributed by atoms with Crippen LogP contribution in [0.15, 0.2) is 0 Å². The van der Waals surface area contributed by atoms with Crippen LogP contribution in [0, 0.1) is 0 Å². The third kappa shape index (κ3) is 2.86. The van der Waals surface area contributed by atoms with Gasteiger partial charge in [0.05, 0.1) is 0 Å². The number of piperazine rings is 1. The maximum Gasteiger partial charge on any atom is 0.274 e. The molecule has 0 bridgehead atoms. The first kappa shape index (κ1) is 8.49. The van der Waals surface area contributed by atoms with Crippen molar-refractivity contribution in [1.82, 2.24) is 5.32 Å². The molecule has 0 aromatic carbocycles. The van der Waals surface area contributed by atoms with E-state index in [-0.39, 0.29) is 5.91 Å². The van der Waals surface area contributed by atoms with E-state index in [2.05, 4.69) is 10.6 Å². The zero-order valence-corrected chi connectivity index (χ0v) is 7.02. The van der Waals surface area contributed by atoms with Gasteiger partial charge in [-0.15, -0.1) is 0 Å². The van der Waals surface area contributed by atoms with Crippen molar-refractivity contribution < 1.29 is 15.0 Å². The number of nitrogens with one attached hydrogen (secondary N) is 2. The quantitative estimate of drug-likeness (QED) is 0.380. The molecule has 0 aromatic heterocycles. The molecule has 1 amide bonds. The van der Waals surface area contributed by atoms with Crippen LogP contribution in [-0.4, -0.2) is 45.7 Å². The Labute approximate surface area is 66.9 Å². The Balaban J connectivity index is 2.19. The molecule has 11 heavy (non-hydrogen) atoms. The van der Waals surface area contributed by atoms with Gasteiger partial charge in [-0.25, -0.2) is 0 Å². The smallest absolute Gasteiger partial charge is 0.274 e. The van der Waals surface area contributed by atoms with Gasteiger partial charge in [0.2, 0.25) is 0 Å². The molecular formula is C7H17N3O+2. The highest BCUT2D eigenvalue weighted by molar-refractivity contribution is 5.76. The molecule has 0 spiro atoms. The lowest BCUT2D eigenvalue weighted by atomic mass is 10.3. The lowest BCUT2D eigenvalue weighted by molar-refractivity contribution is -0.940. The zero-order valence-electron chi connectivity index (χ0n) is 7.02. The number of quaternary nitrogens is 2. The summed E-state index contributed by atoms with van der Waals surface area (Å²) in [6, 6.07) is 0. The van der Waals surface area contributed by atoms with E-state index in [1.165, 1.54) is 4.90 Å². The minimum atomic E-state index is 0.155. The lowest BCUT2D eigenvalue weighted by Crippen LogP contribution is -3.21. The largest absolute Gasteiger partial charge is 0.354 e. The lowest BCUT2D eigenvalue weighted by Gasteiger charge is -2.20. The van der Waals surface area contributed by atoms with E-state index >= 15 is 0 Å². The summed E-state index contributed by atoms with van der Waals surface area (Å²) in [6.45, 7) is 5.20. The summed E-state index contributed by atoms with van der Waals surface area (Å²) in [5.41, 5.74) is 0. The van der Waals surface area contributed by atoms with Crippen molar-refractivity contribution >= 4 is 5.91 Å². The Morgan fingerprint density at radius 3 is 2.73 bits per heavy atom. The van der Waals surface area contributed by atoms with E-state index in [1.807, 2.05) is 0 Å². The highest BCUT2D eigenvalue weighted by Gasteiger charge is 2.17. The molecule has 0 radical (unpaired) electrons. The molecule has 4 heteroatoms. The van der Waals surface area contributed by atoms with Gasteiger partial charge in [-0.1, -0.05) is 0 Å². The van der Waals surface area contributed by atoms with E-state index in [4.69, 9.17) is 0 Å². The average molecular weight is 159 g/mol. The molecule has 0 saturated carbocycles. The van der Waals surface area contributed by atoms with Crippen LogP contribution in [0.5, 0.6) is 0 Å². The fourth-order valence-electron chi connectivity index (χ4n) is 1.37. The minimum Gasteiger partial charge on any atom is -0.354 e. The van der Waals surface area contributed by atoms with Crippen molar-refractivity contribution in [3.63, 3.8) is 0 Å². The molecule has 4 nitrogen and oxygen atoms in total. The van der Waals surface area contributed by atoms with Crippen LogP contribution in [-0.2, 0) is 4.79 Å². The summed E-state index contributed by atoms with van der Waals surface area (Å²) in [6.07, 6.45) is 0. The second-order valence-corrected chi connectivity index (χ2v) is 2.97. The first-order chi connectivity index (χ1) is 5.33. The summed E-state index contributed by atoms with van der Waals surface area (Å²) in [5.74, 6) is 0.155. The van der Waals surface area contributed by atoms with E-state index in [1.54, 1.807) is 7.05 Å². The van der Waals surface area contributed by atoms with Crippen LogP contribution in [0.1, 0.15) is 0 Å². The van der Waals surface area contributed by atoms with Crippen molar-refractivity contribution in [3.05, 3.63) is 0 Å². The summed E-state index contributed by atoms with van der Waals surface area (Å²) in [5, 5.41) is 4.94. The van der Waals surface area contributed by atoms with Gasteiger partial charge in [0.15, 0.2) is 6.54 Å². The van der Waals surface area contributed by atoms with Crippen LogP contribution >= 0.6 is 0 Å². The van der Waals surface area contributed by atoms with Gasteiger partial charge in [-0.2, -0.15) is 0 Å². The number of carbonyl (C=O) groups excluding carboxylic acids is 1. The van der Waals surface area contributed by atoms with Crippen LogP contribution in [0.3, 0.4) is 0 Å². The molecule has 0 aliphatic carbocycles. The second-order valence-electron chi connectivity index (χ2n) is 2.97. The highest BCUT2D eigenvalue weighted by atomic mass is 16.1. The molecule has 1 aliphatic heterocycles. The summed E-state index contributed by atoms with van der Waals surface area (Å²) in [4.78, 5) is 12.3. The first-order valence-electron chi connectivity index (χ1n) is 4.18. The summed E-state index contributed by atoms with van der Waals surface area (Å²) >= 11 is 0. The van der Waals surface area contributed by atoms with Crippen LogP contribution in [0.25, 0.3) is 0 Å². The Morgan fingerprint density at radius 2 is 2.18 bits per heavy atom. The minimum absolute atomic E-state index is 0.155. The molecular weight excluding hydrogens is 142 g/mol. The van der Waals surface area contributed by atoms with Crippen molar-refractivity contribution in [3.8, 4) is 0 Å². The molecule has 1 aliphatic rings. The molecule has 4 N–H and O–H groups in total. The highest BCUT2D eigenvalue weighted by Crippen LogP contribution is 1.57. The summed E-state index contributed by atoms with van der Waals surface area (Å²) < 4.78 is 0. The maximum absolute atomic E-state index is 10.9. The van der Waals surface area contributed by atoms with Crippen LogP contribution in [0.2, 0.25) is 0 Å². The van der Waals surface area contributed by atoms with Gasteiger partial charge in [-0.3, -0.25) is 4.79 Å². The number of hydrogen-bond acceptors (Lipinski definition) is 1. The second kappa shape index (κ2) is 4.31. The number of amides is 1. The Hall–Kier alpha value is -0.610. The molecule has 0 unspecified atom stereocenters. The topological polar surface area (TPSA) is 50.1 Å². The van der Waals surface area contributed by atoms with Gasteiger partial charge >= 0.3 is 0 Å². The molecule has 1 saturated heterocycles. The molecule has 64 valence electrons. The van der Waals surface area contributed by atoms with Crippen molar-refractivity contribution in [1.29, 1.82) is 0 Å². The van der Waals surface area contributed by atoms with Gasteiger partial charge in [0.25, 0.3) is 5.91 Å². The Morgan fingerprint density at radius 1 is 1.55 bits per heavy atom. The predicted molar refractivity (Wildman–Crippen MR) is 41.3 cm³/mol. The Bertz CT molecular complexity index is 132. The van der Waals surface area contributed by atoms with Gasteiger partial charge in [-0.05, 0) is 0 Å². The molecule has 0 atom stereocenters. The van der Waals surface area contributed by atoms with Gasteiger partial charge < -0.3 is 15.5 Å². The van der Waals surface area contributed by atoms with E-state index < -0.39 is 0 Å². The number of nitrogens with two attached hydrogens (primary N) is 1. The average Bonchev–Trinajstić information content (AvgIpc) is 2.06. The number of carbonyl (C=O) groups is 1. The standard InChI is InChI=1S/C7H15N3O/c1-8-7(11)6-10-4-2-9-3-5-10/h9H,2-6H2,1H3,(H,8,11)/p+2. The van der Waals surface area contributed by atoms with Crippen molar-refractivity contribution in [2.24, 2.45) is 0 Å². The monoisotopic (exact) mass is 159 g/mol. The normalized spacial score (nSPS) is 19.7. The fraction of sp³-hybridized carbons (Fsp3) is 0.857. The summed E-state index contributed by atoms with van der Waals surface area (Å²) in [7, 11) is 1.69. The predicted octanol–water partition coefficient (Wildman–Crippen LogP) is -3.81. The molecule has 1 rings (SSSR count). The van der Waals surface area contributed by atoms with Crippen molar-refractivity contribution in [2.75, 3.05) is 39.8 Å². The SMILES string of the molecule is CNC(=O)C[NH+]1CC[NH2+]CC1. The zero-order chi connectivity index (χ0) is 8.10. The van der Waals surface area contributed by atoms with E-state index in [9.17, 15) is 4.79 Å².